The Bertz CT molecular complexity index is 719. The van der Waals surface area contributed by atoms with Gasteiger partial charge in [0.05, 0.1) is 12.2 Å². The van der Waals surface area contributed by atoms with Crippen LogP contribution in [-0.4, -0.2) is 65.9 Å². The van der Waals surface area contributed by atoms with E-state index in [1.165, 1.54) is 0 Å². The molecule has 1 fully saturated rings. The molecule has 0 unspecified atom stereocenters. The highest BCUT2D eigenvalue weighted by Crippen LogP contribution is 2.13. The molecule has 1 saturated heterocycles. The van der Waals surface area contributed by atoms with E-state index in [1.54, 1.807) is 13.2 Å². The number of nitrogens with zero attached hydrogens (tertiary/aromatic N) is 6. The zero-order chi connectivity index (χ0) is 18.4. The third kappa shape index (κ3) is 6.06. The number of hydrogen-bond donors (Lipinski definition) is 2. The van der Waals surface area contributed by atoms with Gasteiger partial charge >= 0.3 is 0 Å². The van der Waals surface area contributed by atoms with E-state index in [-0.39, 0.29) is 24.0 Å². The minimum atomic E-state index is 0. The van der Waals surface area contributed by atoms with Crippen LogP contribution in [0.25, 0.3) is 0 Å². The summed E-state index contributed by atoms with van der Waals surface area (Å²) in [5.41, 5.74) is 2.23. The Hall–Kier alpha value is -1.88. The molecule has 9 heteroatoms. The number of likely N-dealkylation sites (N-methyl/N-ethyl adjacent to an activating group) is 1. The van der Waals surface area contributed by atoms with Gasteiger partial charge in [-0.25, -0.2) is 4.98 Å². The van der Waals surface area contributed by atoms with Crippen molar-refractivity contribution in [3.63, 3.8) is 0 Å². The van der Waals surface area contributed by atoms with E-state index in [2.05, 4.69) is 54.7 Å². The predicted molar refractivity (Wildman–Crippen MR) is 120 cm³/mol. The normalized spacial score (nSPS) is 15.4. The molecule has 0 spiro atoms. The molecule has 0 aromatic carbocycles. The molecule has 3 heterocycles. The first kappa shape index (κ1) is 21.4. The van der Waals surface area contributed by atoms with Crippen LogP contribution >= 0.6 is 24.0 Å². The van der Waals surface area contributed by atoms with Crippen molar-refractivity contribution in [3.05, 3.63) is 41.9 Å². The molecule has 0 atom stereocenters. The van der Waals surface area contributed by atoms with Gasteiger partial charge in [0, 0.05) is 59.2 Å². The zero-order valence-corrected chi connectivity index (χ0v) is 18.6. The van der Waals surface area contributed by atoms with Gasteiger partial charge in [0.2, 0.25) is 0 Å². The van der Waals surface area contributed by atoms with Crippen LogP contribution in [0.15, 0.2) is 35.6 Å². The molecule has 2 aromatic heterocycles. The molecule has 0 aliphatic carbocycles. The van der Waals surface area contributed by atoms with Crippen LogP contribution in [0.2, 0.25) is 0 Å². The molecule has 2 N–H and O–H groups in total. The number of anilines is 1. The summed E-state index contributed by atoms with van der Waals surface area (Å²) in [6.45, 7) is 5.60. The number of aryl methyl sites for hydroxylation is 1. The second kappa shape index (κ2) is 10.5. The Morgan fingerprint density at radius 2 is 1.81 bits per heavy atom. The van der Waals surface area contributed by atoms with E-state index in [4.69, 9.17) is 0 Å². The van der Waals surface area contributed by atoms with E-state index < -0.39 is 0 Å². The molecule has 2 aromatic rings. The summed E-state index contributed by atoms with van der Waals surface area (Å²) in [7, 11) is 5.86. The Balaban J connectivity index is 0.00000261. The maximum absolute atomic E-state index is 4.62. The van der Waals surface area contributed by atoms with E-state index in [9.17, 15) is 0 Å². The molecular weight excluding hydrogens is 455 g/mol. The highest BCUT2D eigenvalue weighted by Gasteiger charge is 2.14. The molecular formula is C18H29IN8. The van der Waals surface area contributed by atoms with Crippen LogP contribution in [0.4, 0.5) is 5.82 Å². The number of rotatable bonds is 5. The fraction of sp³-hybridized carbons (Fsp3) is 0.500. The molecule has 0 radical (unpaired) electrons. The third-order valence-electron chi connectivity index (χ3n) is 4.68. The molecule has 0 bridgehead atoms. The van der Waals surface area contributed by atoms with Crippen molar-refractivity contribution >= 4 is 35.8 Å². The zero-order valence-electron chi connectivity index (χ0n) is 16.2. The average molecular weight is 484 g/mol. The van der Waals surface area contributed by atoms with E-state index in [0.717, 1.165) is 49.2 Å². The van der Waals surface area contributed by atoms with E-state index in [0.29, 0.717) is 13.1 Å². The lowest BCUT2D eigenvalue weighted by Gasteiger charge is -2.33. The fourth-order valence-corrected chi connectivity index (χ4v) is 2.90. The van der Waals surface area contributed by atoms with Crippen LogP contribution in [0, 0.1) is 0 Å². The smallest absolute Gasteiger partial charge is 0.191 e. The van der Waals surface area contributed by atoms with E-state index in [1.807, 2.05) is 24.0 Å². The molecule has 8 nitrogen and oxygen atoms in total. The standard InChI is InChI=1S/C18H28N8.HI/c1-19-18(22-14-16-6-7-23-25(16)3)21-13-15-4-5-17(20-12-15)26-10-8-24(2)9-11-26;/h4-7,12H,8-11,13-14H2,1-3H3,(H2,19,21,22);1H. The van der Waals surface area contributed by atoms with Gasteiger partial charge < -0.3 is 20.4 Å². The fourth-order valence-electron chi connectivity index (χ4n) is 2.90. The summed E-state index contributed by atoms with van der Waals surface area (Å²) in [6.07, 6.45) is 3.73. The van der Waals surface area contributed by atoms with Gasteiger partial charge in [-0.05, 0) is 24.7 Å². The van der Waals surface area contributed by atoms with E-state index >= 15 is 0 Å². The van der Waals surface area contributed by atoms with Gasteiger partial charge in [0.25, 0.3) is 0 Å². The predicted octanol–water partition coefficient (Wildman–Crippen LogP) is 1.05. The average Bonchev–Trinajstić information content (AvgIpc) is 3.08. The van der Waals surface area contributed by atoms with Gasteiger partial charge in [-0.3, -0.25) is 9.67 Å². The largest absolute Gasteiger partial charge is 0.354 e. The number of guanidine groups is 1. The topological polar surface area (TPSA) is 73.6 Å². The van der Waals surface area contributed by atoms with Gasteiger partial charge in [0.1, 0.15) is 5.82 Å². The number of aliphatic imine (C=N–C) groups is 1. The number of hydrogen-bond acceptors (Lipinski definition) is 5. The van der Waals surface area contributed by atoms with Gasteiger partial charge in [-0.1, -0.05) is 6.07 Å². The van der Waals surface area contributed by atoms with Crippen LogP contribution in [0.1, 0.15) is 11.3 Å². The number of piperazine rings is 1. The van der Waals surface area contributed by atoms with Crippen molar-refractivity contribution < 1.29 is 0 Å². The SMILES string of the molecule is CN=C(NCc1ccc(N2CCN(C)CC2)nc1)NCc1ccnn1C.I. The Kier molecular flexibility index (Phi) is 8.29. The molecule has 1 aliphatic rings. The summed E-state index contributed by atoms with van der Waals surface area (Å²) >= 11 is 0. The summed E-state index contributed by atoms with van der Waals surface area (Å²) in [4.78, 5) is 13.6. The van der Waals surface area contributed by atoms with Crippen molar-refractivity contribution in [2.75, 3.05) is 45.2 Å². The number of halogens is 1. The quantitative estimate of drug-likeness (QED) is 0.376. The highest BCUT2D eigenvalue weighted by atomic mass is 127. The summed E-state index contributed by atoms with van der Waals surface area (Å²) in [5.74, 6) is 1.81. The number of nitrogens with one attached hydrogen (secondary N) is 2. The summed E-state index contributed by atoms with van der Waals surface area (Å²) in [5, 5.41) is 10.8. The maximum atomic E-state index is 4.62. The van der Waals surface area contributed by atoms with Crippen LogP contribution < -0.4 is 15.5 Å². The molecule has 148 valence electrons. The summed E-state index contributed by atoms with van der Waals surface area (Å²) in [6, 6.07) is 6.22. The van der Waals surface area contributed by atoms with Crippen molar-refractivity contribution in [3.8, 4) is 0 Å². The lowest BCUT2D eigenvalue weighted by atomic mass is 10.2. The molecule has 0 saturated carbocycles. The van der Waals surface area contributed by atoms with Gasteiger partial charge in [-0.2, -0.15) is 5.10 Å². The van der Waals surface area contributed by atoms with Crippen molar-refractivity contribution in [2.24, 2.45) is 12.0 Å². The molecule has 3 rings (SSSR count). The minimum absolute atomic E-state index is 0. The van der Waals surface area contributed by atoms with Crippen molar-refractivity contribution in [2.45, 2.75) is 13.1 Å². The molecule has 27 heavy (non-hydrogen) atoms. The Morgan fingerprint density at radius 3 is 2.41 bits per heavy atom. The number of pyridine rings is 1. The minimum Gasteiger partial charge on any atom is -0.354 e. The second-order valence-electron chi connectivity index (χ2n) is 6.54. The van der Waals surface area contributed by atoms with Gasteiger partial charge in [-0.15, -0.1) is 24.0 Å². The van der Waals surface area contributed by atoms with Crippen LogP contribution in [0.3, 0.4) is 0 Å². The second-order valence-corrected chi connectivity index (χ2v) is 6.54. The van der Waals surface area contributed by atoms with Crippen LogP contribution in [-0.2, 0) is 20.1 Å². The highest BCUT2D eigenvalue weighted by molar-refractivity contribution is 14.0. The first-order chi connectivity index (χ1) is 12.7. The Morgan fingerprint density at radius 1 is 1.07 bits per heavy atom. The third-order valence-corrected chi connectivity index (χ3v) is 4.68. The van der Waals surface area contributed by atoms with Gasteiger partial charge in [0.15, 0.2) is 5.96 Å². The van der Waals surface area contributed by atoms with Crippen molar-refractivity contribution in [1.82, 2.24) is 30.3 Å². The molecule has 0 amide bonds. The first-order valence-corrected chi connectivity index (χ1v) is 8.95. The van der Waals surface area contributed by atoms with Crippen LogP contribution in [0.5, 0.6) is 0 Å². The monoisotopic (exact) mass is 484 g/mol. The maximum Gasteiger partial charge on any atom is 0.191 e. The molecule has 1 aliphatic heterocycles. The van der Waals surface area contributed by atoms with Crippen molar-refractivity contribution in [1.29, 1.82) is 0 Å². The number of aromatic nitrogens is 3. The summed E-state index contributed by atoms with van der Waals surface area (Å²) < 4.78 is 1.85. The first-order valence-electron chi connectivity index (χ1n) is 8.95. The lowest BCUT2D eigenvalue weighted by Crippen LogP contribution is -2.44. The Labute approximate surface area is 178 Å². The lowest BCUT2D eigenvalue weighted by molar-refractivity contribution is 0.312.